The molecule has 1 heterocycles. The molecule has 1 N–H and O–H groups in total. The number of nitrogens with zero attached hydrogens (tertiary/aromatic N) is 1. The second-order valence-electron chi connectivity index (χ2n) is 9.13. The molecule has 3 aromatic carbocycles. The Labute approximate surface area is 206 Å². The first-order valence-corrected chi connectivity index (χ1v) is 11.9. The minimum absolute atomic E-state index is 0.0927. The van der Waals surface area contributed by atoms with E-state index in [1.807, 2.05) is 66.7 Å². The topological polar surface area (TPSA) is 67.9 Å². The van der Waals surface area contributed by atoms with Gasteiger partial charge < -0.3 is 14.8 Å². The number of ether oxygens (including phenoxy) is 2. The Bertz CT molecular complexity index is 1170. The molecule has 35 heavy (non-hydrogen) atoms. The zero-order valence-electron chi connectivity index (χ0n) is 20.7. The molecule has 6 nitrogen and oxygen atoms in total. The normalized spacial score (nSPS) is 17.2. The minimum atomic E-state index is -0.577. The average molecular weight is 473 g/mol. The maximum Gasteiger partial charge on any atom is 0.259 e. The van der Waals surface area contributed by atoms with E-state index in [0.717, 1.165) is 17.5 Å². The fourth-order valence-electron chi connectivity index (χ4n) is 4.58. The van der Waals surface area contributed by atoms with E-state index in [4.69, 9.17) is 9.47 Å². The molecular weight excluding hydrogens is 440 g/mol. The van der Waals surface area contributed by atoms with Crippen LogP contribution in [-0.4, -0.2) is 32.6 Å². The highest BCUT2D eigenvalue weighted by Crippen LogP contribution is 2.45. The van der Waals surface area contributed by atoms with Crippen LogP contribution in [0, 0.1) is 5.92 Å². The van der Waals surface area contributed by atoms with Crippen LogP contribution in [0.3, 0.4) is 0 Å². The van der Waals surface area contributed by atoms with Crippen molar-refractivity contribution in [1.29, 1.82) is 0 Å². The molecule has 2 amide bonds. The molecular formula is C29H32N2O4. The van der Waals surface area contributed by atoms with Gasteiger partial charge in [-0.2, -0.15) is 0 Å². The van der Waals surface area contributed by atoms with Crippen molar-refractivity contribution >= 4 is 17.5 Å². The number of hydrogen-bond acceptors (Lipinski definition) is 4. The van der Waals surface area contributed by atoms with Crippen molar-refractivity contribution in [3.8, 4) is 11.5 Å². The molecule has 182 valence electrons. The summed E-state index contributed by atoms with van der Waals surface area (Å²) in [6.07, 6.45) is 0.883. The number of fused-ring (bicyclic) bond motifs is 1. The standard InChI is InChI=1S/C29H32N2O4/c1-19(2)17-18-30-28(32)26-24-7-5-6-8-25(24)29(33)31(21-11-15-23(35-4)16-12-21)27(26)20-9-13-22(34-3)14-10-20/h5-16,19,26-27H,17-18H2,1-4H3,(H,30,32)/t26-,27+/m0/s1. The van der Waals surface area contributed by atoms with Gasteiger partial charge in [-0.1, -0.05) is 44.2 Å². The number of hydrogen-bond donors (Lipinski definition) is 1. The van der Waals surface area contributed by atoms with Crippen molar-refractivity contribution in [2.45, 2.75) is 32.2 Å². The van der Waals surface area contributed by atoms with Gasteiger partial charge in [0.05, 0.1) is 26.2 Å². The van der Waals surface area contributed by atoms with E-state index in [0.29, 0.717) is 35.2 Å². The Balaban J connectivity index is 1.86. The average Bonchev–Trinajstić information content (AvgIpc) is 2.88. The molecule has 0 spiro atoms. The monoisotopic (exact) mass is 472 g/mol. The van der Waals surface area contributed by atoms with Crippen LogP contribution in [0.1, 0.15) is 53.7 Å². The molecule has 0 aromatic heterocycles. The van der Waals surface area contributed by atoms with Crippen molar-refractivity contribution < 1.29 is 19.1 Å². The zero-order valence-corrected chi connectivity index (χ0v) is 20.7. The van der Waals surface area contributed by atoms with Gasteiger partial charge in [-0.3, -0.25) is 14.5 Å². The van der Waals surface area contributed by atoms with Gasteiger partial charge in [0.25, 0.3) is 5.91 Å². The Kier molecular flexibility index (Phi) is 7.39. The maximum atomic E-state index is 13.9. The van der Waals surface area contributed by atoms with E-state index in [1.54, 1.807) is 25.2 Å². The SMILES string of the molecule is COc1ccc([C@@H]2[C@@H](C(=O)NCCC(C)C)c3ccccc3C(=O)N2c2ccc(OC)cc2)cc1. The van der Waals surface area contributed by atoms with Crippen LogP contribution in [0.15, 0.2) is 72.8 Å². The molecule has 0 saturated heterocycles. The highest BCUT2D eigenvalue weighted by atomic mass is 16.5. The van der Waals surface area contributed by atoms with Crippen LogP contribution in [-0.2, 0) is 4.79 Å². The number of amides is 2. The Morgan fingerprint density at radius 2 is 1.51 bits per heavy atom. The van der Waals surface area contributed by atoms with E-state index in [9.17, 15) is 9.59 Å². The van der Waals surface area contributed by atoms with Gasteiger partial charge in [0.2, 0.25) is 5.91 Å². The van der Waals surface area contributed by atoms with Gasteiger partial charge >= 0.3 is 0 Å². The second kappa shape index (κ2) is 10.6. The van der Waals surface area contributed by atoms with Gasteiger partial charge in [-0.25, -0.2) is 0 Å². The lowest BCUT2D eigenvalue weighted by Gasteiger charge is -2.42. The number of carbonyl (C=O) groups excluding carboxylic acids is 2. The number of anilines is 1. The predicted octanol–water partition coefficient (Wildman–Crippen LogP) is 5.35. The van der Waals surface area contributed by atoms with Crippen LogP contribution >= 0.6 is 0 Å². The lowest BCUT2D eigenvalue weighted by atomic mass is 9.78. The first-order chi connectivity index (χ1) is 16.9. The van der Waals surface area contributed by atoms with Crippen molar-refractivity contribution in [3.63, 3.8) is 0 Å². The number of carbonyl (C=O) groups is 2. The second-order valence-corrected chi connectivity index (χ2v) is 9.13. The summed E-state index contributed by atoms with van der Waals surface area (Å²) in [7, 11) is 3.22. The van der Waals surface area contributed by atoms with Gasteiger partial charge in [-0.15, -0.1) is 0 Å². The lowest BCUT2D eigenvalue weighted by Crippen LogP contribution is -2.47. The summed E-state index contributed by atoms with van der Waals surface area (Å²) < 4.78 is 10.7. The number of benzene rings is 3. The van der Waals surface area contributed by atoms with Crippen molar-refractivity contribution in [2.24, 2.45) is 5.92 Å². The molecule has 6 heteroatoms. The fraction of sp³-hybridized carbons (Fsp3) is 0.310. The number of methoxy groups -OCH3 is 2. The number of nitrogens with one attached hydrogen (secondary N) is 1. The molecule has 0 bridgehead atoms. The van der Waals surface area contributed by atoms with Gasteiger partial charge in [0, 0.05) is 17.8 Å². The lowest BCUT2D eigenvalue weighted by molar-refractivity contribution is -0.123. The summed E-state index contributed by atoms with van der Waals surface area (Å²) in [4.78, 5) is 29.4. The molecule has 4 rings (SSSR count). The Hall–Kier alpha value is -3.80. The smallest absolute Gasteiger partial charge is 0.259 e. The van der Waals surface area contributed by atoms with Crippen molar-refractivity contribution in [2.75, 3.05) is 25.7 Å². The highest BCUT2D eigenvalue weighted by molar-refractivity contribution is 6.11. The minimum Gasteiger partial charge on any atom is -0.497 e. The quantitative estimate of drug-likeness (QED) is 0.480. The molecule has 3 aromatic rings. The van der Waals surface area contributed by atoms with Crippen LogP contribution < -0.4 is 19.7 Å². The molecule has 1 aliphatic heterocycles. The first kappa shape index (κ1) is 24.3. The van der Waals surface area contributed by atoms with E-state index in [1.165, 1.54) is 0 Å². The van der Waals surface area contributed by atoms with Gasteiger partial charge in [0.1, 0.15) is 11.5 Å². The zero-order chi connectivity index (χ0) is 24.9. The molecule has 1 aliphatic rings. The van der Waals surface area contributed by atoms with Gasteiger partial charge in [0.15, 0.2) is 0 Å². The van der Waals surface area contributed by atoms with E-state index in [2.05, 4.69) is 19.2 Å². The molecule has 0 radical (unpaired) electrons. The summed E-state index contributed by atoms with van der Waals surface area (Å²) in [6, 6.07) is 21.8. The van der Waals surface area contributed by atoms with Crippen molar-refractivity contribution in [3.05, 3.63) is 89.5 Å². The van der Waals surface area contributed by atoms with E-state index < -0.39 is 12.0 Å². The summed E-state index contributed by atoms with van der Waals surface area (Å²) in [5.41, 5.74) is 2.83. The van der Waals surface area contributed by atoms with Gasteiger partial charge in [-0.05, 0) is 65.9 Å². The largest absolute Gasteiger partial charge is 0.497 e. The van der Waals surface area contributed by atoms with E-state index >= 15 is 0 Å². The molecule has 0 aliphatic carbocycles. The third kappa shape index (κ3) is 5.02. The van der Waals surface area contributed by atoms with E-state index in [-0.39, 0.29) is 11.8 Å². The summed E-state index contributed by atoms with van der Waals surface area (Å²) in [5, 5.41) is 3.13. The summed E-state index contributed by atoms with van der Waals surface area (Å²) in [5.74, 6) is 1.07. The van der Waals surface area contributed by atoms with Crippen LogP contribution in [0.25, 0.3) is 0 Å². The van der Waals surface area contributed by atoms with Crippen molar-refractivity contribution in [1.82, 2.24) is 5.32 Å². The fourth-order valence-corrected chi connectivity index (χ4v) is 4.58. The predicted molar refractivity (Wildman–Crippen MR) is 137 cm³/mol. The molecule has 0 saturated carbocycles. The van der Waals surface area contributed by atoms with Crippen LogP contribution in [0.5, 0.6) is 11.5 Å². The molecule has 0 unspecified atom stereocenters. The van der Waals surface area contributed by atoms with Crippen LogP contribution in [0.4, 0.5) is 5.69 Å². The summed E-state index contributed by atoms with van der Waals surface area (Å²) >= 11 is 0. The first-order valence-electron chi connectivity index (χ1n) is 11.9. The highest BCUT2D eigenvalue weighted by Gasteiger charge is 2.44. The third-order valence-corrected chi connectivity index (χ3v) is 6.45. The summed E-state index contributed by atoms with van der Waals surface area (Å²) in [6.45, 7) is 4.85. The van der Waals surface area contributed by atoms with Crippen LogP contribution in [0.2, 0.25) is 0 Å². The maximum absolute atomic E-state index is 13.9. The third-order valence-electron chi connectivity index (χ3n) is 6.45. The molecule has 2 atom stereocenters. The molecule has 0 fully saturated rings. The Morgan fingerprint density at radius 1 is 0.914 bits per heavy atom. The number of rotatable bonds is 8. The Morgan fingerprint density at radius 3 is 2.11 bits per heavy atom.